The summed E-state index contributed by atoms with van der Waals surface area (Å²) in [6, 6.07) is 0. The zero-order valence-electron chi connectivity index (χ0n) is 10.8. The third-order valence-electron chi connectivity index (χ3n) is 4.02. The van der Waals surface area contributed by atoms with Crippen LogP contribution in [0.15, 0.2) is 0 Å². The first-order valence-electron chi connectivity index (χ1n) is 6.03. The van der Waals surface area contributed by atoms with E-state index in [0.717, 1.165) is 19.3 Å². The first-order valence-corrected chi connectivity index (χ1v) is 6.44. The van der Waals surface area contributed by atoms with Crippen LogP contribution in [-0.2, 0) is 9.53 Å². The van der Waals surface area contributed by atoms with Crippen molar-refractivity contribution in [2.45, 2.75) is 45.1 Å². The molecule has 3 N–H and O–H groups in total. The third kappa shape index (κ3) is 2.77. The monoisotopic (exact) mass is 258 g/mol. The fraction of sp³-hybridized carbons (Fsp3) is 0.833. The Kier molecular flexibility index (Phi) is 4.49. The lowest BCUT2D eigenvalue weighted by Crippen LogP contribution is -2.54. The molecule has 1 rings (SSSR count). The number of methoxy groups -OCH3 is 1. The van der Waals surface area contributed by atoms with Gasteiger partial charge in [-0.05, 0) is 32.6 Å². The van der Waals surface area contributed by atoms with Gasteiger partial charge < -0.3 is 15.8 Å². The predicted octanol–water partition coefficient (Wildman–Crippen LogP) is 1.37. The molecule has 1 unspecified atom stereocenters. The summed E-state index contributed by atoms with van der Waals surface area (Å²) in [5.41, 5.74) is 4.72. The van der Waals surface area contributed by atoms with Gasteiger partial charge in [-0.3, -0.25) is 4.79 Å². The van der Waals surface area contributed by atoms with Crippen LogP contribution < -0.4 is 11.1 Å². The molecule has 0 aromatic heterocycles. The molecule has 0 saturated heterocycles. The number of thiocarbonyl (C=S) groups is 1. The van der Waals surface area contributed by atoms with Crippen molar-refractivity contribution in [3.05, 3.63) is 0 Å². The highest BCUT2D eigenvalue weighted by atomic mass is 32.1. The van der Waals surface area contributed by atoms with Crippen LogP contribution in [0, 0.1) is 5.41 Å². The van der Waals surface area contributed by atoms with E-state index in [0.29, 0.717) is 13.0 Å². The zero-order valence-corrected chi connectivity index (χ0v) is 11.7. The molecule has 0 radical (unpaired) electrons. The number of ether oxygens (including phenoxy) is 1. The summed E-state index contributed by atoms with van der Waals surface area (Å²) in [7, 11) is 1.69. The number of rotatable bonds is 6. The van der Waals surface area contributed by atoms with Gasteiger partial charge >= 0.3 is 0 Å². The standard InChI is InChI=1S/C12H22N2O2S/c1-4-11(2,9(13)17)10(15)14-8-12(16-3)6-5-7-12/h4-8H2,1-3H3,(H2,13,17)(H,14,15). The van der Waals surface area contributed by atoms with Crippen LogP contribution in [0.3, 0.4) is 0 Å². The lowest BCUT2D eigenvalue weighted by Gasteiger charge is -2.41. The number of amides is 1. The number of nitrogens with one attached hydrogen (secondary N) is 1. The molecule has 1 atom stereocenters. The Hall–Kier alpha value is -0.680. The Bertz CT molecular complexity index is 310. The quantitative estimate of drug-likeness (QED) is 0.706. The number of carbonyl (C=O) groups excluding carboxylic acids is 1. The smallest absolute Gasteiger partial charge is 0.232 e. The Morgan fingerprint density at radius 3 is 2.47 bits per heavy atom. The van der Waals surface area contributed by atoms with Gasteiger partial charge in [-0.2, -0.15) is 0 Å². The van der Waals surface area contributed by atoms with E-state index in [2.05, 4.69) is 5.32 Å². The molecule has 98 valence electrons. The minimum atomic E-state index is -0.756. The average Bonchev–Trinajstić information content (AvgIpc) is 2.26. The van der Waals surface area contributed by atoms with E-state index in [4.69, 9.17) is 22.7 Å². The third-order valence-corrected chi connectivity index (χ3v) is 4.47. The van der Waals surface area contributed by atoms with Crippen LogP contribution in [-0.4, -0.2) is 30.2 Å². The molecule has 0 heterocycles. The van der Waals surface area contributed by atoms with Crippen molar-refractivity contribution in [1.82, 2.24) is 5.32 Å². The number of hydrogen-bond acceptors (Lipinski definition) is 3. The molecule has 1 amide bonds. The van der Waals surface area contributed by atoms with Gasteiger partial charge in [0.2, 0.25) is 5.91 Å². The summed E-state index contributed by atoms with van der Waals surface area (Å²) in [5, 5.41) is 2.92. The molecule has 0 bridgehead atoms. The Morgan fingerprint density at radius 2 is 2.18 bits per heavy atom. The second kappa shape index (κ2) is 5.31. The van der Waals surface area contributed by atoms with Crippen LogP contribution in [0.4, 0.5) is 0 Å². The molecule has 0 aromatic rings. The molecular weight excluding hydrogens is 236 g/mol. The summed E-state index contributed by atoms with van der Waals surface area (Å²) in [6.45, 7) is 4.24. The van der Waals surface area contributed by atoms with Crippen molar-refractivity contribution in [2.24, 2.45) is 11.1 Å². The van der Waals surface area contributed by atoms with Gasteiger partial charge in [0.1, 0.15) is 0 Å². The van der Waals surface area contributed by atoms with Crippen molar-refractivity contribution >= 4 is 23.1 Å². The van der Waals surface area contributed by atoms with E-state index in [1.54, 1.807) is 14.0 Å². The van der Waals surface area contributed by atoms with E-state index in [1.165, 1.54) is 0 Å². The van der Waals surface area contributed by atoms with Crippen LogP contribution in [0.1, 0.15) is 39.5 Å². The van der Waals surface area contributed by atoms with E-state index in [-0.39, 0.29) is 16.5 Å². The SMILES string of the molecule is CCC(C)(C(=O)NCC1(OC)CCC1)C(N)=S. The number of nitrogens with two attached hydrogens (primary N) is 1. The predicted molar refractivity (Wildman–Crippen MR) is 71.8 cm³/mol. The highest BCUT2D eigenvalue weighted by Crippen LogP contribution is 2.34. The first-order chi connectivity index (χ1) is 7.90. The Morgan fingerprint density at radius 1 is 1.59 bits per heavy atom. The first kappa shape index (κ1) is 14.4. The van der Waals surface area contributed by atoms with Crippen LogP contribution in [0.2, 0.25) is 0 Å². The fourth-order valence-corrected chi connectivity index (χ4v) is 2.14. The Balaban J connectivity index is 2.57. The molecule has 1 fully saturated rings. The molecular formula is C12H22N2O2S. The van der Waals surface area contributed by atoms with Crippen molar-refractivity contribution in [2.75, 3.05) is 13.7 Å². The van der Waals surface area contributed by atoms with Gasteiger partial charge in [0, 0.05) is 13.7 Å². The van der Waals surface area contributed by atoms with Crippen LogP contribution >= 0.6 is 12.2 Å². The largest absolute Gasteiger partial charge is 0.392 e. The van der Waals surface area contributed by atoms with Gasteiger partial charge in [-0.1, -0.05) is 19.1 Å². The Labute approximate surface area is 108 Å². The molecule has 1 aliphatic rings. The van der Waals surface area contributed by atoms with Crippen molar-refractivity contribution < 1.29 is 9.53 Å². The van der Waals surface area contributed by atoms with Gasteiger partial charge in [0.15, 0.2) is 0 Å². The second-order valence-electron chi connectivity index (χ2n) is 4.97. The van der Waals surface area contributed by atoms with E-state index in [9.17, 15) is 4.79 Å². The topological polar surface area (TPSA) is 64.3 Å². The number of carbonyl (C=O) groups is 1. The van der Waals surface area contributed by atoms with Crippen molar-refractivity contribution in [1.29, 1.82) is 0 Å². The minimum absolute atomic E-state index is 0.101. The summed E-state index contributed by atoms with van der Waals surface area (Å²) in [4.78, 5) is 12.4. The maximum absolute atomic E-state index is 12.1. The van der Waals surface area contributed by atoms with Crippen molar-refractivity contribution in [3.63, 3.8) is 0 Å². The van der Waals surface area contributed by atoms with Gasteiger partial charge in [0.05, 0.1) is 16.0 Å². The summed E-state index contributed by atoms with van der Waals surface area (Å²) >= 11 is 4.97. The number of hydrogen-bond donors (Lipinski definition) is 2. The lowest BCUT2D eigenvalue weighted by atomic mass is 9.79. The molecule has 4 nitrogen and oxygen atoms in total. The van der Waals surface area contributed by atoms with Gasteiger partial charge in [-0.15, -0.1) is 0 Å². The normalized spacial score (nSPS) is 21.1. The molecule has 1 aliphatic carbocycles. The highest BCUT2D eigenvalue weighted by Gasteiger charge is 2.40. The van der Waals surface area contributed by atoms with Crippen LogP contribution in [0.5, 0.6) is 0 Å². The second-order valence-corrected chi connectivity index (χ2v) is 5.41. The van der Waals surface area contributed by atoms with E-state index < -0.39 is 5.41 Å². The van der Waals surface area contributed by atoms with Gasteiger partial charge in [0.25, 0.3) is 0 Å². The maximum Gasteiger partial charge on any atom is 0.232 e. The lowest BCUT2D eigenvalue weighted by molar-refractivity contribution is -0.130. The minimum Gasteiger partial charge on any atom is -0.392 e. The highest BCUT2D eigenvalue weighted by molar-refractivity contribution is 7.80. The van der Waals surface area contributed by atoms with Gasteiger partial charge in [-0.25, -0.2) is 0 Å². The fourth-order valence-electron chi connectivity index (χ4n) is 1.91. The molecule has 0 aliphatic heterocycles. The van der Waals surface area contributed by atoms with Crippen LogP contribution in [0.25, 0.3) is 0 Å². The summed E-state index contributed by atoms with van der Waals surface area (Å²) in [5.74, 6) is -0.101. The van der Waals surface area contributed by atoms with E-state index >= 15 is 0 Å². The zero-order chi connectivity index (χ0) is 13.1. The molecule has 0 aromatic carbocycles. The molecule has 5 heteroatoms. The van der Waals surface area contributed by atoms with Crippen molar-refractivity contribution in [3.8, 4) is 0 Å². The summed E-state index contributed by atoms with van der Waals surface area (Å²) < 4.78 is 5.45. The van der Waals surface area contributed by atoms with E-state index in [1.807, 2.05) is 6.92 Å². The molecule has 0 spiro atoms. The average molecular weight is 258 g/mol. The summed E-state index contributed by atoms with van der Waals surface area (Å²) in [6.07, 6.45) is 3.76. The molecule has 1 saturated carbocycles. The maximum atomic E-state index is 12.1. The molecule has 17 heavy (non-hydrogen) atoms.